The summed E-state index contributed by atoms with van der Waals surface area (Å²) in [5, 5.41) is 1.14. The van der Waals surface area contributed by atoms with Gasteiger partial charge in [0.2, 0.25) is 0 Å². The third kappa shape index (κ3) is 2.43. The van der Waals surface area contributed by atoms with E-state index in [-0.39, 0.29) is 11.8 Å². The maximum Gasteiger partial charge on any atom is 0.153 e. The first-order chi connectivity index (χ1) is 8.29. The molecule has 0 N–H and O–H groups in total. The number of nitrogens with zero attached hydrogens (tertiary/aromatic N) is 1. The minimum Gasteiger partial charge on any atom is -0.341 e. The molecule has 98 valence electrons. The summed E-state index contributed by atoms with van der Waals surface area (Å²) in [6, 6.07) is 8.37. The molecule has 0 aliphatic rings. The molecule has 0 aliphatic heterocycles. The van der Waals surface area contributed by atoms with Gasteiger partial charge in [-0.05, 0) is 38.5 Å². The van der Waals surface area contributed by atoms with Crippen LogP contribution >= 0.6 is 0 Å². The molecule has 0 saturated heterocycles. The van der Waals surface area contributed by atoms with Crippen LogP contribution in [0.1, 0.15) is 31.1 Å². The zero-order valence-corrected chi connectivity index (χ0v) is 12.1. The number of rotatable bonds is 3. The lowest BCUT2D eigenvalue weighted by Gasteiger charge is -2.14. The largest absolute Gasteiger partial charge is 0.341 e. The molecule has 1 aromatic heterocycles. The maximum atomic E-state index is 11.5. The van der Waals surface area contributed by atoms with Gasteiger partial charge < -0.3 is 4.57 Å². The zero-order chi connectivity index (χ0) is 13.5. The highest BCUT2D eigenvalue weighted by atomic mass is 32.2. The van der Waals surface area contributed by atoms with E-state index >= 15 is 0 Å². The Morgan fingerprint density at radius 1 is 1.28 bits per heavy atom. The molecule has 0 saturated carbocycles. The van der Waals surface area contributed by atoms with Crippen molar-refractivity contribution in [2.45, 2.75) is 32.6 Å². The van der Waals surface area contributed by atoms with Gasteiger partial charge in [-0.2, -0.15) is 0 Å². The highest BCUT2D eigenvalue weighted by Crippen LogP contribution is 2.27. The third-order valence-electron chi connectivity index (χ3n) is 3.11. The Morgan fingerprint density at radius 2 is 1.94 bits per heavy atom. The maximum absolute atomic E-state index is 11.5. The van der Waals surface area contributed by atoms with E-state index in [4.69, 9.17) is 0 Å². The van der Waals surface area contributed by atoms with Crippen molar-refractivity contribution < 1.29 is 8.42 Å². The van der Waals surface area contributed by atoms with Crippen LogP contribution in [0.15, 0.2) is 24.3 Å². The van der Waals surface area contributed by atoms with Gasteiger partial charge in [0.05, 0.1) is 5.75 Å². The highest BCUT2D eigenvalue weighted by Gasteiger charge is 2.15. The SMILES string of the molecule is Cc1cccc2c1cc(CS(C)(=O)=O)n2C(C)C. The van der Waals surface area contributed by atoms with Gasteiger partial charge in [-0.25, -0.2) is 8.42 Å². The quantitative estimate of drug-likeness (QED) is 0.855. The molecule has 0 amide bonds. The molecular formula is C14H19NO2S. The first kappa shape index (κ1) is 13.1. The number of hydrogen-bond acceptors (Lipinski definition) is 2. The first-order valence-electron chi connectivity index (χ1n) is 6.07. The Labute approximate surface area is 108 Å². The third-order valence-corrected chi connectivity index (χ3v) is 3.93. The van der Waals surface area contributed by atoms with Gasteiger partial charge in [0.25, 0.3) is 0 Å². The van der Waals surface area contributed by atoms with E-state index in [0.29, 0.717) is 0 Å². The summed E-state index contributed by atoms with van der Waals surface area (Å²) in [4.78, 5) is 0. The van der Waals surface area contributed by atoms with Crippen molar-refractivity contribution >= 4 is 20.7 Å². The first-order valence-corrected chi connectivity index (χ1v) is 8.13. The number of aromatic nitrogens is 1. The second-order valence-electron chi connectivity index (χ2n) is 5.18. The fourth-order valence-electron chi connectivity index (χ4n) is 2.44. The molecule has 2 rings (SSSR count). The molecule has 0 spiro atoms. The summed E-state index contributed by atoms with van der Waals surface area (Å²) >= 11 is 0. The summed E-state index contributed by atoms with van der Waals surface area (Å²) in [5.41, 5.74) is 3.17. The number of benzene rings is 1. The van der Waals surface area contributed by atoms with Gasteiger partial charge in [-0.15, -0.1) is 0 Å². The minimum atomic E-state index is -3.01. The molecule has 18 heavy (non-hydrogen) atoms. The van der Waals surface area contributed by atoms with E-state index in [1.807, 2.05) is 18.2 Å². The summed E-state index contributed by atoms with van der Waals surface area (Å²) < 4.78 is 25.2. The van der Waals surface area contributed by atoms with Crippen LogP contribution in [0.2, 0.25) is 0 Å². The van der Waals surface area contributed by atoms with E-state index in [1.165, 1.54) is 11.8 Å². The van der Waals surface area contributed by atoms with Crippen LogP contribution in [-0.2, 0) is 15.6 Å². The summed E-state index contributed by atoms with van der Waals surface area (Å²) in [5.74, 6) is 0.0965. The standard InChI is InChI=1S/C14H19NO2S/c1-10(2)15-12(9-18(4,16)17)8-13-11(3)6-5-7-14(13)15/h5-8,10H,9H2,1-4H3. The Hall–Kier alpha value is -1.29. The second kappa shape index (κ2) is 4.43. The molecule has 0 radical (unpaired) electrons. The Balaban J connectivity index is 2.73. The van der Waals surface area contributed by atoms with E-state index in [0.717, 1.165) is 16.6 Å². The predicted molar refractivity (Wildman–Crippen MR) is 75.6 cm³/mol. The van der Waals surface area contributed by atoms with Crippen molar-refractivity contribution in [3.63, 3.8) is 0 Å². The topological polar surface area (TPSA) is 39.1 Å². The minimum absolute atomic E-state index is 0.0965. The number of hydrogen-bond donors (Lipinski definition) is 0. The van der Waals surface area contributed by atoms with Gasteiger partial charge in [-0.1, -0.05) is 12.1 Å². The van der Waals surface area contributed by atoms with Crippen LogP contribution in [0, 0.1) is 6.92 Å². The number of aryl methyl sites for hydroxylation is 1. The number of sulfone groups is 1. The number of fused-ring (bicyclic) bond motifs is 1. The molecule has 1 heterocycles. The molecule has 1 aromatic carbocycles. The summed E-state index contributed by atoms with van der Waals surface area (Å²) in [6.07, 6.45) is 1.28. The van der Waals surface area contributed by atoms with Crippen molar-refractivity contribution in [2.75, 3.05) is 6.26 Å². The van der Waals surface area contributed by atoms with Crippen LogP contribution in [0.3, 0.4) is 0 Å². The van der Waals surface area contributed by atoms with E-state index < -0.39 is 9.84 Å². The van der Waals surface area contributed by atoms with Crippen molar-refractivity contribution in [2.24, 2.45) is 0 Å². The van der Waals surface area contributed by atoms with Gasteiger partial charge >= 0.3 is 0 Å². The van der Waals surface area contributed by atoms with Crippen molar-refractivity contribution in [1.29, 1.82) is 0 Å². The molecule has 0 bridgehead atoms. The van der Waals surface area contributed by atoms with Gasteiger partial charge in [0.15, 0.2) is 9.84 Å². The Kier molecular flexibility index (Phi) is 3.23. The molecule has 0 atom stereocenters. The molecular weight excluding hydrogens is 246 g/mol. The highest BCUT2D eigenvalue weighted by molar-refractivity contribution is 7.89. The lowest BCUT2D eigenvalue weighted by atomic mass is 10.1. The summed E-state index contributed by atoms with van der Waals surface area (Å²) in [6.45, 7) is 6.21. The average molecular weight is 265 g/mol. The van der Waals surface area contributed by atoms with Gasteiger partial charge in [0.1, 0.15) is 0 Å². The lowest BCUT2D eigenvalue weighted by molar-refractivity contribution is 0.585. The van der Waals surface area contributed by atoms with E-state index in [2.05, 4.69) is 31.4 Å². The molecule has 0 unspecified atom stereocenters. The smallest absolute Gasteiger partial charge is 0.153 e. The van der Waals surface area contributed by atoms with Crippen molar-refractivity contribution in [3.05, 3.63) is 35.5 Å². The predicted octanol–water partition coefficient (Wildman–Crippen LogP) is 3.08. The fraction of sp³-hybridized carbons (Fsp3) is 0.429. The van der Waals surface area contributed by atoms with Gasteiger partial charge in [0, 0.05) is 28.9 Å². The Morgan fingerprint density at radius 3 is 2.50 bits per heavy atom. The molecule has 4 heteroatoms. The zero-order valence-electron chi connectivity index (χ0n) is 11.3. The normalized spacial score (nSPS) is 12.5. The van der Waals surface area contributed by atoms with Crippen LogP contribution in [0.25, 0.3) is 10.9 Å². The second-order valence-corrected chi connectivity index (χ2v) is 7.32. The lowest BCUT2D eigenvalue weighted by Crippen LogP contribution is -2.09. The molecule has 3 nitrogen and oxygen atoms in total. The molecule has 0 fully saturated rings. The monoisotopic (exact) mass is 265 g/mol. The van der Waals surface area contributed by atoms with Crippen molar-refractivity contribution in [1.82, 2.24) is 4.57 Å². The Bertz CT molecular complexity index is 681. The van der Waals surface area contributed by atoms with Crippen LogP contribution < -0.4 is 0 Å². The molecule has 0 aliphatic carbocycles. The van der Waals surface area contributed by atoms with E-state index in [1.54, 1.807) is 0 Å². The van der Waals surface area contributed by atoms with Crippen LogP contribution in [0.5, 0.6) is 0 Å². The van der Waals surface area contributed by atoms with Crippen molar-refractivity contribution in [3.8, 4) is 0 Å². The van der Waals surface area contributed by atoms with Gasteiger partial charge in [-0.3, -0.25) is 0 Å². The van der Waals surface area contributed by atoms with Crippen LogP contribution in [-0.4, -0.2) is 19.2 Å². The molecule has 2 aromatic rings. The average Bonchev–Trinajstić information content (AvgIpc) is 2.54. The van der Waals surface area contributed by atoms with E-state index in [9.17, 15) is 8.42 Å². The summed E-state index contributed by atoms with van der Waals surface area (Å²) in [7, 11) is -3.01. The fourth-order valence-corrected chi connectivity index (χ4v) is 3.20. The van der Waals surface area contributed by atoms with Crippen LogP contribution in [0.4, 0.5) is 0 Å².